The molecule has 1 fully saturated rings. The first-order valence-corrected chi connectivity index (χ1v) is 11.4. The molecule has 1 saturated carbocycles. The zero-order valence-electron chi connectivity index (χ0n) is 19.6. The predicted octanol–water partition coefficient (Wildman–Crippen LogP) is 1.95. The highest BCUT2D eigenvalue weighted by molar-refractivity contribution is 5.76. The Hall–Kier alpha value is -4.45. The molecule has 5 rings (SSSR count). The van der Waals surface area contributed by atoms with Gasteiger partial charge in [-0.3, -0.25) is 9.78 Å². The van der Waals surface area contributed by atoms with Crippen molar-refractivity contribution in [2.75, 3.05) is 24.7 Å². The van der Waals surface area contributed by atoms with E-state index >= 15 is 0 Å². The Labute approximate surface area is 206 Å². The highest BCUT2D eigenvalue weighted by Gasteiger charge is 2.45. The molecular weight excluding hydrogens is 462 g/mol. The smallest absolute Gasteiger partial charge is 0.324 e. The third-order valence-corrected chi connectivity index (χ3v) is 6.36. The minimum absolute atomic E-state index is 0.199. The van der Waals surface area contributed by atoms with Gasteiger partial charge >= 0.3 is 5.97 Å². The fraction of sp³-hybridized carbons (Fsp3) is 0.292. The zero-order chi connectivity index (χ0) is 25.1. The van der Waals surface area contributed by atoms with Crippen molar-refractivity contribution in [3.8, 4) is 22.7 Å². The van der Waals surface area contributed by atoms with Crippen molar-refractivity contribution in [1.29, 1.82) is 0 Å². The monoisotopic (exact) mass is 487 g/mol. The number of aromatic nitrogens is 6. The van der Waals surface area contributed by atoms with Gasteiger partial charge < -0.3 is 26.0 Å². The summed E-state index contributed by atoms with van der Waals surface area (Å²) < 4.78 is 10.2. The van der Waals surface area contributed by atoms with E-state index in [1.165, 1.54) is 7.11 Å². The van der Waals surface area contributed by atoms with E-state index in [4.69, 9.17) is 21.0 Å². The summed E-state index contributed by atoms with van der Waals surface area (Å²) in [6, 6.07) is 6.76. The minimum atomic E-state index is -0.781. The minimum Gasteiger partial charge on any atom is -0.468 e. The van der Waals surface area contributed by atoms with Crippen LogP contribution in [0.1, 0.15) is 30.7 Å². The second-order valence-electron chi connectivity index (χ2n) is 8.56. The highest BCUT2D eigenvalue weighted by atomic mass is 16.5. The fourth-order valence-corrected chi connectivity index (χ4v) is 4.10. The number of nitrogen functional groups attached to an aromatic ring is 1. The molecule has 1 aliphatic rings. The number of esters is 1. The number of carbonyl (C=O) groups excluding carboxylic acids is 1. The van der Waals surface area contributed by atoms with Gasteiger partial charge in [0.25, 0.3) is 5.89 Å². The molecule has 0 aliphatic heterocycles. The Bertz CT molecular complexity index is 1330. The Balaban J connectivity index is 1.31. The third kappa shape index (κ3) is 4.45. The molecule has 4 heterocycles. The molecule has 0 saturated heterocycles. The fourth-order valence-electron chi connectivity index (χ4n) is 4.10. The Morgan fingerprint density at radius 2 is 1.86 bits per heavy atom. The van der Waals surface area contributed by atoms with E-state index in [2.05, 4.69) is 35.1 Å². The number of rotatable bonds is 8. The van der Waals surface area contributed by atoms with E-state index in [9.17, 15) is 4.79 Å². The van der Waals surface area contributed by atoms with Crippen molar-refractivity contribution in [3.05, 3.63) is 60.4 Å². The number of nitrogens with zero attached hydrogens (tertiary/aromatic N) is 6. The average molecular weight is 488 g/mol. The van der Waals surface area contributed by atoms with Crippen LogP contribution in [0.15, 0.2) is 53.6 Å². The molecular formula is C24H25N9O3. The molecule has 4 aromatic rings. The summed E-state index contributed by atoms with van der Waals surface area (Å²) in [5.41, 5.74) is 14.2. The third-order valence-electron chi connectivity index (χ3n) is 6.36. The molecule has 5 N–H and O–H groups in total. The van der Waals surface area contributed by atoms with Gasteiger partial charge in [0.15, 0.2) is 5.82 Å². The Kier molecular flexibility index (Phi) is 6.25. The number of nitrogens with one attached hydrogen (secondary N) is 1. The van der Waals surface area contributed by atoms with Crippen molar-refractivity contribution in [3.63, 3.8) is 0 Å². The standard InChI is InChI=1S/C24H25N9O3/c1-35-21(34)17(25)13-29-19-6-3-14(9-28-19)20-32-22(33-36-20)24(7-2-8-24)16-4-5-18(27-12-16)15-10-30-23(26)31-11-15/h3-6,9-12,17H,2,7-8,13,25H2,1H3,(H,28,29)(H2,26,30,31)/t17-/m0/s1. The number of nitrogens with two attached hydrogens (primary N) is 2. The first-order valence-electron chi connectivity index (χ1n) is 11.4. The number of carbonyl (C=O) groups is 1. The van der Waals surface area contributed by atoms with Gasteiger partial charge in [-0.15, -0.1) is 0 Å². The lowest BCUT2D eigenvalue weighted by molar-refractivity contribution is -0.141. The highest BCUT2D eigenvalue weighted by Crippen LogP contribution is 2.48. The first kappa shape index (κ1) is 23.3. The summed E-state index contributed by atoms with van der Waals surface area (Å²) in [6.45, 7) is 0.199. The summed E-state index contributed by atoms with van der Waals surface area (Å²) in [7, 11) is 1.30. The topological polar surface area (TPSA) is 181 Å². The van der Waals surface area contributed by atoms with Crippen LogP contribution in [-0.2, 0) is 14.9 Å². The van der Waals surface area contributed by atoms with Gasteiger partial charge in [-0.25, -0.2) is 15.0 Å². The molecule has 0 bridgehead atoms. The van der Waals surface area contributed by atoms with Crippen molar-refractivity contribution in [2.45, 2.75) is 30.7 Å². The Morgan fingerprint density at radius 3 is 2.47 bits per heavy atom. The second kappa shape index (κ2) is 9.66. The van der Waals surface area contributed by atoms with E-state index < -0.39 is 12.0 Å². The van der Waals surface area contributed by atoms with E-state index in [0.29, 0.717) is 23.1 Å². The predicted molar refractivity (Wildman–Crippen MR) is 130 cm³/mol. The molecule has 0 amide bonds. The summed E-state index contributed by atoms with van der Waals surface area (Å²) in [6.07, 6.45) is 9.64. The number of hydrogen-bond donors (Lipinski definition) is 3. The lowest BCUT2D eigenvalue weighted by Crippen LogP contribution is -2.38. The summed E-state index contributed by atoms with van der Waals surface area (Å²) in [5.74, 6) is 1.30. The molecule has 0 aromatic carbocycles. The van der Waals surface area contributed by atoms with Crippen molar-refractivity contribution in [2.24, 2.45) is 5.73 Å². The second-order valence-corrected chi connectivity index (χ2v) is 8.56. The lowest BCUT2D eigenvalue weighted by Gasteiger charge is -2.39. The molecule has 0 spiro atoms. The summed E-state index contributed by atoms with van der Waals surface area (Å²) in [5, 5.41) is 7.31. The van der Waals surface area contributed by atoms with E-state index in [-0.39, 0.29) is 17.9 Å². The first-order chi connectivity index (χ1) is 17.5. The summed E-state index contributed by atoms with van der Waals surface area (Å²) in [4.78, 5) is 33.1. The maximum absolute atomic E-state index is 11.4. The normalized spacial score (nSPS) is 15.1. The maximum Gasteiger partial charge on any atom is 0.324 e. The quantitative estimate of drug-likeness (QED) is 0.308. The molecule has 1 atom stereocenters. The van der Waals surface area contributed by atoms with E-state index in [1.807, 2.05) is 24.4 Å². The molecule has 4 aromatic heterocycles. The van der Waals surface area contributed by atoms with Crippen LogP contribution in [0, 0.1) is 0 Å². The number of methoxy groups -OCH3 is 1. The molecule has 184 valence electrons. The van der Waals surface area contributed by atoms with Gasteiger partial charge in [0, 0.05) is 36.9 Å². The molecule has 1 aliphatic carbocycles. The SMILES string of the molecule is COC(=O)[C@@H](N)CNc1ccc(-c2nc(C3(c4ccc(-c5cnc(N)nc5)nc4)CCC3)no2)cn1. The van der Waals surface area contributed by atoms with Gasteiger partial charge in [-0.1, -0.05) is 17.6 Å². The average Bonchev–Trinajstić information content (AvgIpc) is 3.37. The van der Waals surface area contributed by atoms with Gasteiger partial charge in [0.2, 0.25) is 5.95 Å². The van der Waals surface area contributed by atoms with Crippen LogP contribution in [0.3, 0.4) is 0 Å². The molecule has 12 nitrogen and oxygen atoms in total. The maximum atomic E-state index is 11.4. The molecule has 0 unspecified atom stereocenters. The number of pyridine rings is 2. The lowest BCUT2D eigenvalue weighted by atomic mass is 9.64. The number of anilines is 2. The van der Waals surface area contributed by atoms with E-state index in [0.717, 1.165) is 36.1 Å². The van der Waals surface area contributed by atoms with Crippen LogP contribution in [0.25, 0.3) is 22.7 Å². The van der Waals surface area contributed by atoms with Gasteiger partial charge in [-0.2, -0.15) is 4.98 Å². The number of ether oxygens (including phenoxy) is 1. The molecule has 0 radical (unpaired) electrons. The van der Waals surface area contributed by atoms with Crippen LogP contribution < -0.4 is 16.8 Å². The van der Waals surface area contributed by atoms with Crippen LogP contribution in [0.5, 0.6) is 0 Å². The zero-order valence-corrected chi connectivity index (χ0v) is 19.6. The van der Waals surface area contributed by atoms with Crippen LogP contribution in [-0.4, -0.2) is 55.7 Å². The largest absolute Gasteiger partial charge is 0.468 e. The van der Waals surface area contributed by atoms with Gasteiger partial charge in [0.05, 0.1) is 23.8 Å². The van der Waals surface area contributed by atoms with Crippen molar-refractivity contribution < 1.29 is 14.1 Å². The van der Waals surface area contributed by atoms with Crippen molar-refractivity contribution >= 4 is 17.7 Å². The van der Waals surface area contributed by atoms with Gasteiger partial charge in [0.1, 0.15) is 11.9 Å². The number of hydrogen-bond acceptors (Lipinski definition) is 12. The van der Waals surface area contributed by atoms with Crippen LogP contribution >= 0.6 is 0 Å². The summed E-state index contributed by atoms with van der Waals surface area (Å²) >= 11 is 0. The van der Waals surface area contributed by atoms with Crippen molar-refractivity contribution in [1.82, 2.24) is 30.1 Å². The van der Waals surface area contributed by atoms with Crippen LogP contribution in [0.2, 0.25) is 0 Å². The molecule has 12 heteroatoms. The van der Waals surface area contributed by atoms with Gasteiger partial charge in [-0.05, 0) is 36.6 Å². The van der Waals surface area contributed by atoms with E-state index in [1.54, 1.807) is 24.7 Å². The molecule has 36 heavy (non-hydrogen) atoms. The van der Waals surface area contributed by atoms with Crippen LogP contribution in [0.4, 0.5) is 11.8 Å². The Morgan fingerprint density at radius 1 is 1.08 bits per heavy atom.